The summed E-state index contributed by atoms with van der Waals surface area (Å²) in [7, 11) is 0. The third-order valence-corrected chi connectivity index (χ3v) is 5.24. The van der Waals surface area contributed by atoms with Crippen LogP contribution in [0, 0.1) is 11.7 Å². The Hall–Kier alpha value is -2.82. The highest BCUT2D eigenvalue weighted by Crippen LogP contribution is 2.22. The molecule has 2 aromatic carbocycles. The molecule has 0 amide bonds. The average molecular weight is 366 g/mol. The van der Waals surface area contributed by atoms with Crippen LogP contribution in [0.25, 0.3) is 11.1 Å². The molecule has 0 aliphatic carbocycles. The van der Waals surface area contributed by atoms with E-state index in [1.54, 1.807) is 12.1 Å². The van der Waals surface area contributed by atoms with Crippen molar-refractivity contribution >= 4 is 11.1 Å². The molecular weight excluding hydrogens is 343 g/mol. The summed E-state index contributed by atoms with van der Waals surface area (Å²) in [6.45, 7) is 2.10. The first-order valence-corrected chi connectivity index (χ1v) is 9.42. The van der Waals surface area contributed by atoms with Gasteiger partial charge in [-0.05, 0) is 73.2 Å². The first-order valence-electron chi connectivity index (χ1n) is 9.42. The Labute approximate surface area is 157 Å². The molecule has 0 bridgehead atoms. The number of likely N-dealkylation sites (tertiary alicyclic amines) is 1. The molecule has 27 heavy (non-hydrogen) atoms. The van der Waals surface area contributed by atoms with E-state index < -0.39 is 5.76 Å². The highest BCUT2D eigenvalue weighted by atomic mass is 19.1. The minimum absolute atomic E-state index is 0.170. The van der Waals surface area contributed by atoms with Gasteiger partial charge in [-0.2, -0.15) is 0 Å². The Bertz CT molecular complexity index is 979. The van der Waals surface area contributed by atoms with E-state index in [1.165, 1.54) is 5.56 Å². The van der Waals surface area contributed by atoms with Gasteiger partial charge in [-0.1, -0.05) is 24.3 Å². The van der Waals surface area contributed by atoms with Crippen molar-refractivity contribution in [3.8, 4) is 0 Å². The van der Waals surface area contributed by atoms with Crippen LogP contribution >= 0.6 is 0 Å². The lowest BCUT2D eigenvalue weighted by atomic mass is 9.90. The normalized spacial score (nSPS) is 15.8. The summed E-state index contributed by atoms with van der Waals surface area (Å²) in [4.78, 5) is 16.2. The zero-order chi connectivity index (χ0) is 18.6. The second-order valence-electron chi connectivity index (χ2n) is 7.24. The van der Waals surface area contributed by atoms with E-state index in [2.05, 4.69) is 22.2 Å². The number of aromatic nitrogens is 1. The van der Waals surface area contributed by atoms with Crippen molar-refractivity contribution in [3.63, 3.8) is 0 Å². The molecule has 4 nitrogen and oxygen atoms in total. The lowest BCUT2D eigenvalue weighted by Crippen LogP contribution is -2.30. The van der Waals surface area contributed by atoms with Gasteiger partial charge in [0.1, 0.15) is 5.82 Å². The van der Waals surface area contributed by atoms with Crippen molar-refractivity contribution in [1.29, 1.82) is 0 Å². The molecule has 140 valence electrons. The molecule has 3 aromatic rings. The van der Waals surface area contributed by atoms with E-state index in [-0.39, 0.29) is 5.82 Å². The summed E-state index contributed by atoms with van der Waals surface area (Å²) in [6.07, 6.45) is 8.47. The Morgan fingerprint density at radius 2 is 1.85 bits per heavy atom. The molecule has 1 fully saturated rings. The number of piperidine rings is 1. The van der Waals surface area contributed by atoms with E-state index in [9.17, 15) is 9.18 Å². The Kier molecular flexibility index (Phi) is 5.10. The van der Waals surface area contributed by atoms with E-state index in [0.29, 0.717) is 11.5 Å². The summed E-state index contributed by atoms with van der Waals surface area (Å²) < 4.78 is 18.1. The fraction of sp³-hybridized carbons (Fsp3) is 0.318. The number of H-pyrrole nitrogens is 1. The monoisotopic (exact) mass is 366 g/mol. The van der Waals surface area contributed by atoms with Crippen molar-refractivity contribution in [2.45, 2.75) is 25.7 Å². The number of oxazole rings is 1. The molecule has 0 unspecified atom stereocenters. The summed E-state index contributed by atoms with van der Waals surface area (Å²) >= 11 is 0. The Morgan fingerprint density at radius 1 is 1.11 bits per heavy atom. The molecule has 0 saturated carbocycles. The highest BCUT2D eigenvalue weighted by Gasteiger charge is 2.17. The summed E-state index contributed by atoms with van der Waals surface area (Å²) in [6, 6.07) is 12.7. The van der Waals surface area contributed by atoms with Crippen molar-refractivity contribution in [2.75, 3.05) is 13.1 Å². The summed E-state index contributed by atoms with van der Waals surface area (Å²) in [5, 5.41) is 0. The quantitative estimate of drug-likeness (QED) is 0.734. The van der Waals surface area contributed by atoms with Crippen molar-refractivity contribution in [1.82, 2.24) is 9.88 Å². The van der Waals surface area contributed by atoms with Crippen LogP contribution in [0.15, 0.2) is 64.0 Å². The van der Waals surface area contributed by atoms with Gasteiger partial charge >= 0.3 is 5.76 Å². The molecule has 0 radical (unpaired) electrons. The van der Waals surface area contributed by atoms with E-state index in [4.69, 9.17) is 4.42 Å². The second kappa shape index (κ2) is 7.82. The molecule has 1 aromatic heterocycles. The van der Waals surface area contributed by atoms with Crippen LogP contribution < -0.4 is 5.76 Å². The number of allylic oxidation sites excluding steroid dienone is 1. The van der Waals surface area contributed by atoms with Crippen LogP contribution in [-0.2, 0) is 12.8 Å². The molecule has 1 aliphatic heterocycles. The summed E-state index contributed by atoms with van der Waals surface area (Å²) in [5.74, 6) is 0.0803. The Morgan fingerprint density at radius 3 is 2.63 bits per heavy atom. The predicted molar refractivity (Wildman–Crippen MR) is 104 cm³/mol. The first-order chi connectivity index (χ1) is 13.2. The number of benzene rings is 2. The van der Waals surface area contributed by atoms with Crippen molar-refractivity contribution in [3.05, 3.63) is 82.2 Å². The highest BCUT2D eigenvalue weighted by molar-refractivity contribution is 5.72. The predicted octanol–water partition coefficient (Wildman–Crippen LogP) is 4.27. The van der Waals surface area contributed by atoms with Crippen molar-refractivity contribution < 1.29 is 8.81 Å². The molecule has 0 spiro atoms. The lowest BCUT2D eigenvalue weighted by molar-refractivity contribution is 0.242. The standard InChI is InChI=1S/C22H23FN2O2/c23-19-6-3-17(4-7-19)14-18-9-12-25(13-10-18)11-1-2-16-5-8-20-21(15-16)27-22(26)24-20/h1,3-8,11,15,18H,2,9-10,12-14H2,(H,24,26)/b11-1+. The first kappa shape index (κ1) is 17.6. The second-order valence-corrected chi connectivity index (χ2v) is 7.24. The fourth-order valence-corrected chi connectivity index (χ4v) is 3.71. The third kappa shape index (κ3) is 4.48. The maximum absolute atomic E-state index is 13.0. The number of halogens is 1. The van der Waals surface area contributed by atoms with Gasteiger partial charge in [0.2, 0.25) is 0 Å². The number of hydrogen-bond acceptors (Lipinski definition) is 3. The van der Waals surface area contributed by atoms with Gasteiger partial charge in [-0.15, -0.1) is 0 Å². The van der Waals surface area contributed by atoms with Gasteiger partial charge in [0.05, 0.1) is 5.52 Å². The lowest BCUT2D eigenvalue weighted by Gasteiger charge is -2.31. The van der Waals surface area contributed by atoms with Gasteiger partial charge in [-0.3, -0.25) is 4.98 Å². The van der Waals surface area contributed by atoms with Crippen LogP contribution in [0.1, 0.15) is 24.0 Å². The van der Waals surface area contributed by atoms with Gasteiger partial charge in [0.25, 0.3) is 0 Å². The molecule has 5 heteroatoms. The Balaban J connectivity index is 1.26. The van der Waals surface area contributed by atoms with Crippen LogP contribution in [0.4, 0.5) is 4.39 Å². The average Bonchev–Trinajstić information content (AvgIpc) is 3.04. The largest absolute Gasteiger partial charge is 0.417 e. The van der Waals surface area contributed by atoms with Crippen LogP contribution in [-0.4, -0.2) is 23.0 Å². The van der Waals surface area contributed by atoms with Gasteiger partial charge in [0, 0.05) is 13.1 Å². The smallest absolute Gasteiger partial charge is 0.408 e. The van der Waals surface area contributed by atoms with E-state index >= 15 is 0 Å². The molecule has 1 saturated heterocycles. The van der Waals surface area contributed by atoms with Gasteiger partial charge in [-0.25, -0.2) is 9.18 Å². The molecule has 1 aliphatic rings. The maximum atomic E-state index is 13.0. The number of nitrogens with one attached hydrogen (secondary N) is 1. The minimum atomic E-state index is -0.416. The van der Waals surface area contributed by atoms with Gasteiger partial charge < -0.3 is 9.32 Å². The number of hydrogen-bond donors (Lipinski definition) is 1. The minimum Gasteiger partial charge on any atom is -0.408 e. The van der Waals surface area contributed by atoms with E-state index in [1.807, 2.05) is 30.3 Å². The number of nitrogens with zero attached hydrogens (tertiary/aromatic N) is 1. The van der Waals surface area contributed by atoms with Crippen LogP contribution in [0.3, 0.4) is 0 Å². The third-order valence-electron chi connectivity index (χ3n) is 5.24. The number of fused-ring (bicyclic) bond motifs is 1. The molecule has 1 N–H and O–H groups in total. The summed E-state index contributed by atoms with van der Waals surface area (Å²) in [5.41, 5.74) is 3.67. The molecular formula is C22H23FN2O2. The fourth-order valence-electron chi connectivity index (χ4n) is 3.71. The number of aromatic amines is 1. The molecule has 2 heterocycles. The van der Waals surface area contributed by atoms with Crippen molar-refractivity contribution in [2.24, 2.45) is 5.92 Å². The zero-order valence-corrected chi connectivity index (χ0v) is 15.2. The number of rotatable bonds is 5. The topological polar surface area (TPSA) is 49.2 Å². The maximum Gasteiger partial charge on any atom is 0.417 e. The molecule has 4 rings (SSSR count). The van der Waals surface area contributed by atoms with Gasteiger partial charge in [0.15, 0.2) is 5.58 Å². The zero-order valence-electron chi connectivity index (χ0n) is 15.2. The van der Waals surface area contributed by atoms with E-state index in [0.717, 1.165) is 49.9 Å². The molecule has 0 atom stereocenters. The van der Waals surface area contributed by atoms with Crippen LogP contribution in [0.5, 0.6) is 0 Å². The van der Waals surface area contributed by atoms with Crippen LogP contribution in [0.2, 0.25) is 0 Å². The SMILES string of the molecule is O=c1[nH]c2ccc(C/C=C/N3CCC(Cc4ccc(F)cc4)CC3)cc2o1.